The van der Waals surface area contributed by atoms with Crippen LogP contribution >= 0.6 is 11.6 Å². The molecule has 0 radical (unpaired) electrons. The number of pyridine rings is 1. The van der Waals surface area contributed by atoms with Crippen molar-refractivity contribution < 1.29 is 13.2 Å². The number of anilines is 1. The number of aliphatic imine (C=N–C) groups is 1. The normalized spacial score (nSPS) is 13.1. The van der Waals surface area contributed by atoms with Crippen LogP contribution in [0, 0.1) is 5.41 Å². The van der Waals surface area contributed by atoms with Gasteiger partial charge in [-0.15, -0.1) is 0 Å². The van der Waals surface area contributed by atoms with Gasteiger partial charge in [-0.05, 0) is 48.5 Å². The number of carbonyl (C=O) groups excluding carboxylic acids is 1. The molecule has 0 aliphatic rings. The van der Waals surface area contributed by atoms with E-state index >= 15 is 0 Å². The van der Waals surface area contributed by atoms with Gasteiger partial charge in [0.25, 0.3) is 15.9 Å². The SMILES string of the molecule is CC(C)(C)C(/N=C(\Nc1cccnc1)NS(=O)(=O)c1ccccc1)NC(=O)c1ccc(Cl)cc1. The van der Waals surface area contributed by atoms with Crippen LogP contribution in [0.15, 0.2) is 89.0 Å². The van der Waals surface area contributed by atoms with Gasteiger partial charge < -0.3 is 10.6 Å². The molecular formula is C24H26ClN5O3S. The van der Waals surface area contributed by atoms with Gasteiger partial charge in [-0.25, -0.2) is 18.1 Å². The Kier molecular flexibility index (Phi) is 7.90. The summed E-state index contributed by atoms with van der Waals surface area (Å²) < 4.78 is 28.5. The number of benzene rings is 2. The van der Waals surface area contributed by atoms with Crippen LogP contribution < -0.4 is 15.4 Å². The molecule has 0 fully saturated rings. The summed E-state index contributed by atoms with van der Waals surface area (Å²) in [6.45, 7) is 5.66. The lowest BCUT2D eigenvalue weighted by Gasteiger charge is -2.29. The second-order valence-electron chi connectivity index (χ2n) is 8.51. The van der Waals surface area contributed by atoms with E-state index in [1.165, 1.54) is 18.3 Å². The largest absolute Gasteiger partial charge is 0.330 e. The summed E-state index contributed by atoms with van der Waals surface area (Å²) >= 11 is 5.92. The molecule has 0 spiro atoms. The first-order valence-electron chi connectivity index (χ1n) is 10.4. The Hall–Kier alpha value is -3.43. The van der Waals surface area contributed by atoms with Gasteiger partial charge in [0.15, 0.2) is 0 Å². The molecule has 0 aliphatic heterocycles. The third kappa shape index (κ3) is 7.03. The van der Waals surface area contributed by atoms with E-state index in [2.05, 4.69) is 25.3 Å². The fraction of sp³-hybridized carbons (Fsp3) is 0.208. The highest BCUT2D eigenvalue weighted by Gasteiger charge is 2.28. The number of amides is 1. The molecule has 1 atom stereocenters. The van der Waals surface area contributed by atoms with E-state index in [0.717, 1.165) is 0 Å². The van der Waals surface area contributed by atoms with Crippen LogP contribution in [0.1, 0.15) is 31.1 Å². The average molecular weight is 500 g/mol. The average Bonchev–Trinajstić information content (AvgIpc) is 2.79. The molecule has 178 valence electrons. The quantitative estimate of drug-likeness (QED) is 0.346. The van der Waals surface area contributed by atoms with E-state index in [0.29, 0.717) is 16.3 Å². The maximum atomic E-state index is 13.0. The van der Waals surface area contributed by atoms with Gasteiger partial charge in [0.2, 0.25) is 5.96 Å². The van der Waals surface area contributed by atoms with Crippen molar-refractivity contribution in [1.29, 1.82) is 0 Å². The molecule has 10 heteroatoms. The van der Waals surface area contributed by atoms with Crippen molar-refractivity contribution in [3.63, 3.8) is 0 Å². The van der Waals surface area contributed by atoms with Gasteiger partial charge in [-0.3, -0.25) is 9.78 Å². The molecule has 3 N–H and O–H groups in total. The molecule has 34 heavy (non-hydrogen) atoms. The lowest BCUT2D eigenvalue weighted by atomic mass is 9.92. The summed E-state index contributed by atoms with van der Waals surface area (Å²) in [6.07, 6.45) is 2.35. The Labute approximate surface area is 204 Å². The minimum Gasteiger partial charge on any atom is -0.330 e. The van der Waals surface area contributed by atoms with Gasteiger partial charge in [-0.2, -0.15) is 0 Å². The summed E-state index contributed by atoms with van der Waals surface area (Å²) in [4.78, 5) is 21.6. The van der Waals surface area contributed by atoms with E-state index in [4.69, 9.17) is 11.6 Å². The van der Waals surface area contributed by atoms with Crippen LogP contribution in [0.25, 0.3) is 0 Å². The Balaban J connectivity index is 1.96. The predicted molar refractivity (Wildman–Crippen MR) is 134 cm³/mol. The molecule has 3 rings (SSSR count). The topological polar surface area (TPSA) is 113 Å². The third-order valence-electron chi connectivity index (χ3n) is 4.66. The number of guanidine groups is 1. The van der Waals surface area contributed by atoms with Gasteiger partial charge >= 0.3 is 0 Å². The molecule has 0 bridgehead atoms. The van der Waals surface area contributed by atoms with Crippen molar-refractivity contribution in [2.75, 3.05) is 5.32 Å². The summed E-state index contributed by atoms with van der Waals surface area (Å²) in [5, 5.41) is 6.35. The van der Waals surface area contributed by atoms with Crippen LogP contribution in [-0.2, 0) is 10.0 Å². The molecule has 1 heterocycles. The van der Waals surface area contributed by atoms with Gasteiger partial charge in [0, 0.05) is 22.2 Å². The number of nitrogens with one attached hydrogen (secondary N) is 3. The predicted octanol–water partition coefficient (Wildman–Crippen LogP) is 4.28. The van der Waals surface area contributed by atoms with Crippen LogP contribution in [-0.4, -0.2) is 31.4 Å². The van der Waals surface area contributed by atoms with Crippen molar-refractivity contribution in [2.45, 2.75) is 31.8 Å². The Morgan fingerprint density at radius 2 is 1.68 bits per heavy atom. The molecule has 0 saturated carbocycles. The van der Waals surface area contributed by atoms with Gasteiger partial charge in [0.05, 0.1) is 16.8 Å². The second-order valence-corrected chi connectivity index (χ2v) is 10.6. The zero-order valence-corrected chi connectivity index (χ0v) is 20.6. The lowest BCUT2D eigenvalue weighted by molar-refractivity contribution is 0.0906. The van der Waals surface area contributed by atoms with E-state index in [1.807, 2.05) is 20.8 Å². The summed E-state index contributed by atoms with van der Waals surface area (Å²) in [6, 6.07) is 17.8. The Morgan fingerprint density at radius 3 is 2.26 bits per heavy atom. The first-order valence-corrected chi connectivity index (χ1v) is 12.3. The van der Waals surface area contributed by atoms with Crippen molar-refractivity contribution in [2.24, 2.45) is 10.4 Å². The Bertz CT molecular complexity index is 1240. The maximum Gasteiger partial charge on any atom is 0.264 e. The zero-order chi connectivity index (χ0) is 24.8. The molecule has 1 aromatic heterocycles. The van der Waals surface area contributed by atoms with E-state index in [1.54, 1.807) is 60.8 Å². The Morgan fingerprint density at radius 1 is 1.00 bits per heavy atom. The number of nitrogens with zero attached hydrogens (tertiary/aromatic N) is 2. The fourth-order valence-electron chi connectivity index (χ4n) is 2.82. The first kappa shape index (κ1) is 25.2. The molecule has 2 aromatic carbocycles. The number of rotatable bonds is 6. The lowest BCUT2D eigenvalue weighted by Crippen LogP contribution is -2.46. The monoisotopic (exact) mass is 499 g/mol. The first-order chi connectivity index (χ1) is 16.0. The van der Waals surface area contributed by atoms with E-state index in [9.17, 15) is 13.2 Å². The molecule has 0 aliphatic carbocycles. The van der Waals surface area contributed by atoms with Crippen molar-refractivity contribution >= 4 is 39.2 Å². The standard InChI is InChI=1S/C24H26ClN5O3S/c1-24(2,3)22(28-21(31)17-11-13-18(25)14-12-17)29-23(27-19-8-7-15-26-16-19)30-34(32,33)20-9-5-4-6-10-20/h4-16,22H,1-3H3,(H,28,31)(H2,27,29,30). The van der Waals surface area contributed by atoms with Gasteiger partial charge in [-0.1, -0.05) is 50.6 Å². The van der Waals surface area contributed by atoms with Crippen molar-refractivity contribution in [3.8, 4) is 0 Å². The molecule has 1 amide bonds. The number of hydrogen-bond acceptors (Lipinski definition) is 5. The minimum atomic E-state index is -3.95. The number of carbonyl (C=O) groups is 1. The van der Waals surface area contributed by atoms with E-state index < -0.39 is 21.6 Å². The van der Waals surface area contributed by atoms with Crippen molar-refractivity contribution in [3.05, 3.63) is 89.7 Å². The maximum absolute atomic E-state index is 13.0. The third-order valence-corrected chi connectivity index (χ3v) is 6.27. The number of halogens is 1. The fourth-order valence-corrected chi connectivity index (χ4v) is 3.94. The minimum absolute atomic E-state index is 0.0619. The summed E-state index contributed by atoms with van der Waals surface area (Å²) in [7, 11) is -3.95. The number of sulfonamides is 1. The van der Waals surface area contributed by atoms with E-state index in [-0.39, 0.29) is 16.8 Å². The highest BCUT2D eigenvalue weighted by Crippen LogP contribution is 2.22. The molecule has 0 saturated heterocycles. The molecular weight excluding hydrogens is 474 g/mol. The highest BCUT2D eigenvalue weighted by atomic mass is 35.5. The van der Waals surface area contributed by atoms with Gasteiger partial charge in [0.1, 0.15) is 6.17 Å². The number of aromatic nitrogens is 1. The number of hydrogen-bond donors (Lipinski definition) is 3. The molecule has 3 aromatic rings. The zero-order valence-electron chi connectivity index (χ0n) is 19.0. The van der Waals surface area contributed by atoms with Crippen LogP contribution in [0.4, 0.5) is 5.69 Å². The van der Waals surface area contributed by atoms with Crippen LogP contribution in [0.2, 0.25) is 5.02 Å². The highest BCUT2D eigenvalue weighted by molar-refractivity contribution is 7.90. The molecule has 8 nitrogen and oxygen atoms in total. The van der Waals surface area contributed by atoms with Crippen molar-refractivity contribution in [1.82, 2.24) is 15.0 Å². The summed E-state index contributed by atoms with van der Waals surface area (Å²) in [5.41, 5.74) is 0.372. The molecule has 1 unspecified atom stereocenters. The van der Waals surface area contributed by atoms with Crippen LogP contribution in [0.5, 0.6) is 0 Å². The second kappa shape index (κ2) is 10.7. The smallest absolute Gasteiger partial charge is 0.264 e. The van der Waals surface area contributed by atoms with Crippen LogP contribution in [0.3, 0.4) is 0 Å². The summed E-state index contributed by atoms with van der Waals surface area (Å²) in [5.74, 6) is -0.430.